The van der Waals surface area contributed by atoms with Crippen molar-refractivity contribution >= 4 is 22.6 Å². The normalized spacial score (nSPS) is 15.9. The van der Waals surface area contributed by atoms with Crippen LogP contribution in [0.4, 0.5) is 0 Å². The van der Waals surface area contributed by atoms with E-state index in [-0.39, 0.29) is 5.43 Å². The summed E-state index contributed by atoms with van der Waals surface area (Å²) in [6, 6.07) is 12.6. The number of ether oxygens (including phenoxy) is 2. The highest BCUT2D eigenvalue weighted by Gasteiger charge is 2.21. The molecule has 0 radical (unpaired) electrons. The van der Waals surface area contributed by atoms with E-state index in [1.165, 1.54) is 0 Å². The maximum absolute atomic E-state index is 13.0. The lowest BCUT2D eigenvalue weighted by atomic mass is 10.0. The first-order valence-corrected chi connectivity index (χ1v) is 9.57. The number of hydrogen-bond donors (Lipinski definition) is 0. The Morgan fingerprint density at radius 3 is 2.67 bits per heavy atom. The highest BCUT2D eigenvalue weighted by atomic mass is 35.5. The van der Waals surface area contributed by atoms with Gasteiger partial charge in [-0.2, -0.15) is 0 Å². The van der Waals surface area contributed by atoms with Crippen molar-refractivity contribution in [1.29, 1.82) is 0 Å². The first kappa shape index (κ1) is 18.1. The monoisotopic (exact) mass is 384 g/mol. The zero-order chi connectivity index (χ0) is 18.8. The second-order valence-electron chi connectivity index (χ2n) is 6.83. The lowest BCUT2D eigenvalue weighted by Gasteiger charge is -2.09. The van der Waals surface area contributed by atoms with Gasteiger partial charge in [0.1, 0.15) is 17.1 Å². The van der Waals surface area contributed by atoms with E-state index in [2.05, 4.69) is 0 Å². The summed E-state index contributed by atoms with van der Waals surface area (Å²) in [5.41, 5.74) is 1.86. The molecule has 3 aromatic rings. The zero-order valence-corrected chi connectivity index (χ0v) is 15.9. The first-order valence-electron chi connectivity index (χ1n) is 9.19. The summed E-state index contributed by atoms with van der Waals surface area (Å²) < 4.78 is 16.9. The van der Waals surface area contributed by atoms with Crippen molar-refractivity contribution in [2.75, 3.05) is 13.2 Å². The molecule has 0 N–H and O–H groups in total. The van der Waals surface area contributed by atoms with E-state index in [1.54, 1.807) is 31.2 Å². The number of benzene rings is 2. The zero-order valence-electron chi connectivity index (χ0n) is 15.2. The Labute approximate surface area is 162 Å². The molecule has 4 rings (SSSR count). The summed E-state index contributed by atoms with van der Waals surface area (Å²) in [5, 5.41) is 1.18. The van der Waals surface area contributed by atoms with Crippen molar-refractivity contribution in [3.05, 3.63) is 63.5 Å². The molecule has 0 aliphatic carbocycles. The second kappa shape index (κ2) is 7.75. The third-order valence-electron chi connectivity index (χ3n) is 4.76. The van der Waals surface area contributed by atoms with E-state index < -0.39 is 0 Å². The standard InChI is InChI=1S/C22H21ClO4/c1-14-21(15-5-7-16(23)8-6-15)22(24)19-10-9-17(12-20(19)27-14)25-11-3-2-4-18-13-26-18/h5-10,12,18H,2-4,11,13H2,1H3. The van der Waals surface area contributed by atoms with Gasteiger partial charge in [-0.05, 0) is 56.0 Å². The highest BCUT2D eigenvalue weighted by molar-refractivity contribution is 6.30. The number of epoxide rings is 1. The second-order valence-corrected chi connectivity index (χ2v) is 7.26. The van der Waals surface area contributed by atoms with Crippen LogP contribution in [0.15, 0.2) is 51.7 Å². The van der Waals surface area contributed by atoms with Gasteiger partial charge in [0.2, 0.25) is 5.43 Å². The van der Waals surface area contributed by atoms with Crippen LogP contribution in [-0.4, -0.2) is 19.3 Å². The van der Waals surface area contributed by atoms with Gasteiger partial charge in [0.15, 0.2) is 0 Å². The molecule has 1 saturated heterocycles. The quantitative estimate of drug-likeness (QED) is 0.406. The summed E-state index contributed by atoms with van der Waals surface area (Å²) >= 11 is 5.95. The van der Waals surface area contributed by atoms with Crippen molar-refractivity contribution in [2.45, 2.75) is 32.3 Å². The molecule has 2 aromatic carbocycles. The minimum absolute atomic E-state index is 0.0490. The van der Waals surface area contributed by atoms with Crippen LogP contribution in [0.1, 0.15) is 25.0 Å². The summed E-state index contributed by atoms with van der Waals surface area (Å²) in [6.45, 7) is 3.35. The molecule has 1 fully saturated rings. The molecule has 2 heterocycles. The molecule has 0 spiro atoms. The Hall–Kier alpha value is -2.30. The molecule has 140 valence electrons. The molecule has 1 aliphatic heterocycles. The summed E-state index contributed by atoms with van der Waals surface area (Å²) in [7, 11) is 0. The third kappa shape index (κ3) is 4.18. The molecule has 1 aromatic heterocycles. The number of unbranched alkanes of at least 4 members (excludes halogenated alkanes) is 1. The molecule has 1 atom stereocenters. The van der Waals surface area contributed by atoms with Crippen molar-refractivity contribution < 1.29 is 13.9 Å². The van der Waals surface area contributed by atoms with Gasteiger partial charge in [-0.25, -0.2) is 0 Å². The number of hydrogen-bond acceptors (Lipinski definition) is 4. The van der Waals surface area contributed by atoms with Crippen LogP contribution in [0.3, 0.4) is 0 Å². The van der Waals surface area contributed by atoms with Crippen LogP contribution < -0.4 is 10.2 Å². The van der Waals surface area contributed by atoms with Crippen LogP contribution in [-0.2, 0) is 4.74 Å². The smallest absolute Gasteiger partial charge is 0.200 e. The van der Waals surface area contributed by atoms with E-state index in [9.17, 15) is 4.79 Å². The Balaban J connectivity index is 1.54. The molecule has 0 amide bonds. The van der Waals surface area contributed by atoms with E-state index in [4.69, 9.17) is 25.5 Å². The summed E-state index contributed by atoms with van der Waals surface area (Å²) in [6.07, 6.45) is 3.65. The van der Waals surface area contributed by atoms with Crippen molar-refractivity contribution in [3.8, 4) is 16.9 Å². The van der Waals surface area contributed by atoms with Gasteiger partial charge in [0.25, 0.3) is 0 Å². The van der Waals surface area contributed by atoms with E-state index in [0.717, 1.165) is 31.4 Å². The Bertz CT molecular complexity index is 1000. The van der Waals surface area contributed by atoms with Crippen LogP contribution in [0.25, 0.3) is 22.1 Å². The minimum atomic E-state index is -0.0490. The van der Waals surface area contributed by atoms with E-state index in [0.29, 0.717) is 45.8 Å². The van der Waals surface area contributed by atoms with Gasteiger partial charge in [0, 0.05) is 11.1 Å². The molecule has 5 heteroatoms. The van der Waals surface area contributed by atoms with Gasteiger partial charge >= 0.3 is 0 Å². The molecular formula is C22H21ClO4. The van der Waals surface area contributed by atoms with Crippen molar-refractivity contribution in [2.24, 2.45) is 0 Å². The van der Waals surface area contributed by atoms with Gasteiger partial charge in [-0.15, -0.1) is 0 Å². The largest absolute Gasteiger partial charge is 0.493 e. The van der Waals surface area contributed by atoms with Crippen LogP contribution in [0, 0.1) is 6.92 Å². The molecule has 0 saturated carbocycles. The predicted octanol–water partition coefficient (Wildman–Crippen LogP) is 5.37. The minimum Gasteiger partial charge on any atom is -0.493 e. The van der Waals surface area contributed by atoms with E-state index in [1.807, 2.05) is 18.2 Å². The fraction of sp³-hybridized carbons (Fsp3) is 0.318. The first-order chi connectivity index (χ1) is 13.1. The average molecular weight is 385 g/mol. The van der Waals surface area contributed by atoms with Crippen LogP contribution >= 0.6 is 11.6 Å². The summed E-state index contributed by atoms with van der Waals surface area (Å²) in [5.74, 6) is 1.29. The van der Waals surface area contributed by atoms with Gasteiger partial charge in [-0.3, -0.25) is 4.79 Å². The number of halogens is 1. The van der Waals surface area contributed by atoms with Crippen molar-refractivity contribution in [1.82, 2.24) is 0 Å². The van der Waals surface area contributed by atoms with Gasteiger partial charge in [-0.1, -0.05) is 23.7 Å². The maximum Gasteiger partial charge on any atom is 0.200 e. The van der Waals surface area contributed by atoms with Crippen LogP contribution in [0.5, 0.6) is 5.75 Å². The Kier molecular flexibility index (Phi) is 5.19. The molecule has 27 heavy (non-hydrogen) atoms. The van der Waals surface area contributed by atoms with E-state index >= 15 is 0 Å². The SMILES string of the molecule is Cc1oc2cc(OCCCCC3CO3)ccc2c(=O)c1-c1ccc(Cl)cc1. The van der Waals surface area contributed by atoms with Crippen LogP contribution in [0.2, 0.25) is 5.02 Å². The topological polar surface area (TPSA) is 52.0 Å². The maximum atomic E-state index is 13.0. The number of fused-ring (bicyclic) bond motifs is 1. The fourth-order valence-corrected chi connectivity index (χ4v) is 3.35. The lowest BCUT2D eigenvalue weighted by molar-refractivity contribution is 0.299. The summed E-state index contributed by atoms with van der Waals surface area (Å²) in [4.78, 5) is 13.0. The molecule has 4 nitrogen and oxygen atoms in total. The molecular weight excluding hydrogens is 364 g/mol. The average Bonchev–Trinajstić information content (AvgIpc) is 3.47. The Morgan fingerprint density at radius 1 is 1.15 bits per heavy atom. The fourth-order valence-electron chi connectivity index (χ4n) is 3.22. The van der Waals surface area contributed by atoms with Crippen molar-refractivity contribution in [3.63, 3.8) is 0 Å². The van der Waals surface area contributed by atoms with Gasteiger partial charge in [0.05, 0.1) is 30.3 Å². The predicted molar refractivity (Wildman–Crippen MR) is 107 cm³/mol. The molecule has 1 unspecified atom stereocenters. The molecule has 1 aliphatic rings. The Morgan fingerprint density at radius 2 is 1.93 bits per heavy atom. The number of aryl methyl sites for hydroxylation is 1. The highest BCUT2D eigenvalue weighted by Crippen LogP contribution is 2.27. The lowest BCUT2D eigenvalue weighted by Crippen LogP contribution is -2.07. The molecule has 0 bridgehead atoms. The third-order valence-corrected chi connectivity index (χ3v) is 5.02. The van der Waals surface area contributed by atoms with Gasteiger partial charge < -0.3 is 13.9 Å². The number of rotatable bonds is 7.